The van der Waals surface area contributed by atoms with Gasteiger partial charge in [-0.1, -0.05) is 108 Å². The second-order valence-corrected chi connectivity index (χ2v) is 10.3. The molecule has 1 radical (unpaired) electrons. The van der Waals surface area contributed by atoms with Gasteiger partial charge >= 0.3 is 0 Å². The van der Waals surface area contributed by atoms with E-state index in [-0.39, 0.29) is 10.8 Å². The summed E-state index contributed by atoms with van der Waals surface area (Å²) in [6, 6.07) is 23.1. The van der Waals surface area contributed by atoms with E-state index in [1.807, 2.05) is 0 Å². The van der Waals surface area contributed by atoms with Gasteiger partial charge in [-0.25, -0.2) is 0 Å². The molecule has 0 saturated carbocycles. The van der Waals surface area contributed by atoms with Crippen molar-refractivity contribution in [3.63, 3.8) is 0 Å². The van der Waals surface area contributed by atoms with E-state index in [9.17, 15) is 0 Å². The Morgan fingerprint density at radius 2 is 0.929 bits per heavy atom. The normalized spacial score (nSPS) is 14.1. The van der Waals surface area contributed by atoms with Crippen LogP contribution < -0.4 is 0 Å². The molecule has 0 bridgehead atoms. The maximum atomic E-state index is 2.42. The molecule has 0 nitrogen and oxygen atoms in total. The number of hydrogen-bond donors (Lipinski definition) is 0. The van der Waals surface area contributed by atoms with E-state index < -0.39 is 0 Å². The Morgan fingerprint density at radius 3 is 1.32 bits per heavy atom. The van der Waals surface area contributed by atoms with Crippen molar-refractivity contribution in [3.8, 4) is 11.1 Å². The number of fused-ring (bicyclic) bond motifs is 3. The molecule has 3 aromatic rings. The zero-order valence-electron chi connectivity index (χ0n) is 18.3. The lowest BCUT2D eigenvalue weighted by molar-refractivity contribution is 0.590. The summed E-state index contributed by atoms with van der Waals surface area (Å²) in [4.78, 5) is 0. The maximum Gasteiger partial charge on any atom is 0.0641 e. The molecule has 0 saturated heterocycles. The minimum atomic E-state index is 0.138. The van der Waals surface area contributed by atoms with Crippen LogP contribution in [0.4, 0.5) is 0 Å². The van der Waals surface area contributed by atoms with E-state index in [1.165, 1.54) is 50.4 Å². The standard InChI is InChI=1S/C28H31/c1-18-8-10-19(11-9-18)26-24-16-20(27(2,3)4)12-14-22(24)23-15-13-21(17-25(23)26)28(5,6)7/h8-17H,1-7H3. The van der Waals surface area contributed by atoms with Crippen molar-refractivity contribution in [2.75, 3.05) is 0 Å². The molecule has 0 amide bonds. The predicted molar refractivity (Wildman–Crippen MR) is 121 cm³/mol. The third kappa shape index (κ3) is 3.20. The first kappa shape index (κ1) is 19.0. The van der Waals surface area contributed by atoms with Gasteiger partial charge in [0.15, 0.2) is 0 Å². The van der Waals surface area contributed by atoms with Gasteiger partial charge in [-0.05, 0) is 56.7 Å². The molecule has 0 aromatic heterocycles. The van der Waals surface area contributed by atoms with Gasteiger partial charge in [0.1, 0.15) is 0 Å². The van der Waals surface area contributed by atoms with Crippen LogP contribution in [0.2, 0.25) is 0 Å². The Kier molecular flexibility index (Phi) is 4.30. The maximum absolute atomic E-state index is 2.42. The lowest BCUT2D eigenvalue weighted by atomic mass is 9.81. The van der Waals surface area contributed by atoms with E-state index >= 15 is 0 Å². The molecule has 0 N–H and O–H groups in total. The van der Waals surface area contributed by atoms with Crippen molar-refractivity contribution in [2.45, 2.75) is 59.3 Å². The van der Waals surface area contributed by atoms with Crippen molar-refractivity contribution in [1.82, 2.24) is 0 Å². The predicted octanol–water partition coefficient (Wildman–Crippen LogP) is 7.59. The summed E-state index contributed by atoms with van der Waals surface area (Å²) in [6.07, 6.45) is 0. The minimum Gasteiger partial charge on any atom is -0.0590 e. The fourth-order valence-corrected chi connectivity index (χ4v) is 4.08. The highest BCUT2D eigenvalue weighted by Gasteiger charge is 2.33. The number of benzene rings is 3. The Hall–Kier alpha value is -2.34. The molecule has 0 unspecified atom stereocenters. The first-order chi connectivity index (χ1) is 13.1. The van der Waals surface area contributed by atoms with Crippen LogP contribution in [0, 0.1) is 12.8 Å². The van der Waals surface area contributed by atoms with E-state index in [1.54, 1.807) is 0 Å². The number of rotatable bonds is 1. The van der Waals surface area contributed by atoms with Crippen molar-refractivity contribution < 1.29 is 0 Å². The topological polar surface area (TPSA) is 0 Å². The van der Waals surface area contributed by atoms with Crippen LogP contribution in [0.3, 0.4) is 0 Å². The molecule has 1 aliphatic rings. The van der Waals surface area contributed by atoms with E-state index in [0.717, 1.165) is 0 Å². The molecule has 0 atom stereocenters. The SMILES string of the molecule is Cc1ccc([C]2c3cc(C(C)(C)C)ccc3-c3ccc(C(C)(C)C)cc32)cc1. The highest BCUT2D eigenvalue weighted by Crippen LogP contribution is 2.49. The summed E-state index contributed by atoms with van der Waals surface area (Å²) in [5.74, 6) is 1.38. The lowest BCUT2D eigenvalue weighted by Crippen LogP contribution is -2.13. The highest BCUT2D eigenvalue weighted by molar-refractivity contribution is 5.87. The Morgan fingerprint density at radius 1 is 0.500 bits per heavy atom. The molecule has 0 heteroatoms. The average Bonchev–Trinajstić information content (AvgIpc) is 2.94. The van der Waals surface area contributed by atoms with Gasteiger partial charge in [0, 0.05) is 0 Å². The molecule has 143 valence electrons. The van der Waals surface area contributed by atoms with Gasteiger partial charge < -0.3 is 0 Å². The summed E-state index contributed by atoms with van der Waals surface area (Å²) in [6.45, 7) is 15.9. The van der Waals surface area contributed by atoms with Crippen molar-refractivity contribution in [3.05, 3.63) is 100.0 Å². The molecular formula is C28H31. The fraction of sp³-hybridized carbons (Fsp3) is 0.321. The van der Waals surface area contributed by atoms with Crippen molar-refractivity contribution in [1.29, 1.82) is 0 Å². The van der Waals surface area contributed by atoms with Crippen LogP contribution in [0.1, 0.15) is 74.9 Å². The molecule has 0 heterocycles. The zero-order valence-corrected chi connectivity index (χ0v) is 18.3. The third-order valence-electron chi connectivity index (χ3n) is 5.94. The monoisotopic (exact) mass is 367 g/mol. The smallest absolute Gasteiger partial charge is 0.0590 e. The largest absolute Gasteiger partial charge is 0.0641 e. The van der Waals surface area contributed by atoms with Crippen LogP contribution in [0.15, 0.2) is 60.7 Å². The summed E-state index contributed by atoms with van der Waals surface area (Å²) < 4.78 is 0. The molecule has 4 rings (SSSR count). The highest BCUT2D eigenvalue weighted by atomic mass is 14.4. The molecule has 0 spiro atoms. The van der Waals surface area contributed by atoms with Crippen LogP contribution in [-0.2, 0) is 10.8 Å². The second-order valence-electron chi connectivity index (χ2n) is 10.3. The average molecular weight is 368 g/mol. The van der Waals surface area contributed by atoms with Crippen LogP contribution in [0.5, 0.6) is 0 Å². The van der Waals surface area contributed by atoms with Crippen LogP contribution in [-0.4, -0.2) is 0 Å². The molecular weight excluding hydrogens is 336 g/mol. The van der Waals surface area contributed by atoms with E-state index in [4.69, 9.17) is 0 Å². The van der Waals surface area contributed by atoms with Crippen LogP contribution in [0.25, 0.3) is 11.1 Å². The number of aryl methyl sites for hydroxylation is 1. The summed E-state index contributed by atoms with van der Waals surface area (Å²) >= 11 is 0. The number of hydrogen-bond acceptors (Lipinski definition) is 0. The molecule has 28 heavy (non-hydrogen) atoms. The summed E-state index contributed by atoms with van der Waals surface area (Å²) in [5.41, 5.74) is 11.1. The molecule has 3 aromatic carbocycles. The first-order valence-corrected chi connectivity index (χ1v) is 10.3. The fourth-order valence-electron chi connectivity index (χ4n) is 4.08. The van der Waals surface area contributed by atoms with Crippen molar-refractivity contribution >= 4 is 0 Å². The van der Waals surface area contributed by atoms with Gasteiger partial charge in [0.05, 0.1) is 5.92 Å². The van der Waals surface area contributed by atoms with Crippen LogP contribution >= 0.6 is 0 Å². The van der Waals surface area contributed by atoms with Gasteiger partial charge in [0.2, 0.25) is 0 Å². The Labute approximate surface area is 170 Å². The van der Waals surface area contributed by atoms with E-state index in [2.05, 4.69) is 109 Å². The minimum absolute atomic E-state index is 0.138. The summed E-state index contributed by atoms with van der Waals surface area (Å²) in [7, 11) is 0. The lowest BCUT2D eigenvalue weighted by Gasteiger charge is -2.22. The van der Waals surface area contributed by atoms with Gasteiger partial charge in [-0.3, -0.25) is 0 Å². The Balaban J connectivity index is 1.97. The van der Waals surface area contributed by atoms with Crippen molar-refractivity contribution in [2.24, 2.45) is 0 Å². The van der Waals surface area contributed by atoms with Gasteiger partial charge in [-0.2, -0.15) is 0 Å². The van der Waals surface area contributed by atoms with Gasteiger partial charge in [-0.15, -0.1) is 0 Å². The molecule has 0 fully saturated rings. The molecule has 1 aliphatic carbocycles. The first-order valence-electron chi connectivity index (χ1n) is 10.3. The second kappa shape index (κ2) is 6.34. The van der Waals surface area contributed by atoms with E-state index in [0.29, 0.717) is 0 Å². The summed E-state index contributed by atoms with van der Waals surface area (Å²) in [5, 5.41) is 0. The Bertz CT molecular complexity index is 958. The quantitative estimate of drug-likeness (QED) is 0.325. The van der Waals surface area contributed by atoms with Gasteiger partial charge in [0.25, 0.3) is 0 Å². The third-order valence-corrected chi connectivity index (χ3v) is 5.94. The zero-order chi connectivity index (χ0) is 20.3. The molecule has 0 aliphatic heterocycles.